The summed E-state index contributed by atoms with van der Waals surface area (Å²) in [6, 6.07) is 7.74. The van der Waals surface area contributed by atoms with E-state index in [2.05, 4.69) is 31.0 Å². The molecule has 30 heavy (non-hydrogen) atoms. The smallest absolute Gasteiger partial charge is 0.201 e. The second-order valence-electron chi connectivity index (χ2n) is 6.09. The second kappa shape index (κ2) is 8.42. The lowest BCUT2D eigenvalue weighted by Gasteiger charge is -2.40. The molecule has 3 heterocycles. The Labute approximate surface area is 171 Å². The lowest BCUT2D eigenvalue weighted by Crippen LogP contribution is -2.57. The van der Waals surface area contributed by atoms with Crippen molar-refractivity contribution in [3.63, 3.8) is 0 Å². The summed E-state index contributed by atoms with van der Waals surface area (Å²) in [4.78, 5) is 22.6. The summed E-state index contributed by atoms with van der Waals surface area (Å²) in [6.07, 6.45) is 0.151. The van der Waals surface area contributed by atoms with Gasteiger partial charge in [0.25, 0.3) is 0 Å². The quantitative estimate of drug-likeness (QED) is 0.657. The predicted octanol–water partition coefficient (Wildman–Crippen LogP) is 0.525. The van der Waals surface area contributed by atoms with Crippen LogP contribution >= 0.6 is 0 Å². The zero-order valence-corrected chi connectivity index (χ0v) is 16.1. The number of ether oxygens (including phenoxy) is 2. The van der Waals surface area contributed by atoms with Gasteiger partial charge in [0.05, 0.1) is 12.7 Å². The minimum Gasteiger partial charge on any atom is -0.385 e. The summed E-state index contributed by atoms with van der Waals surface area (Å²) in [5, 5.41) is 38.1. The molecule has 1 aliphatic rings. The van der Waals surface area contributed by atoms with Crippen molar-refractivity contribution in [2.45, 2.75) is 12.0 Å². The first-order valence-electron chi connectivity index (χ1n) is 8.64. The fourth-order valence-corrected chi connectivity index (χ4v) is 3.06. The van der Waals surface area contributed by atoms with Crippen molar-refractivity contribution < 1.29 is 9.47 Å². The molecule has 0 bridgehead atoms. The molecule has 3 rings (SSSR count). The Morgan fingerprint density at radius 3 is 2.03 bits per heavy atom. The van der Waals surface area contributed by atoms with E-state index in [4.69, 9.17) is 14.7 Å². The number of hydrogen-bond donors (Lipinski definition) is 0. The van der Waals surface area contributed by atoms with Gasteiger partial charge in [-0.2, -0.15) is 21.0 Å². The van der Waals surface area contributed by atoms with Gasteiger partial charge >= 0.3 is 0 Å². The minimum absolute atomic E-state index is 0.00150. The lowest BCUT2D eigenvalue weighted by molar-refractivity contribution is 0.179. The monoisotopic (exact) mass is 402 g/mol. The van der Waals surface area contributed by atoms with Gasteiger partial charge in [-0.1, -0.05) is 0 Å². The van der Waals surface area contributed by atoms with E-state index in [1.54, 1.807) is 17.0 Å². The Morgan fingerprint density at radius 2 is 1.50 bits per heavy atom. The van der Waals surface area contributed by atoms with Crippen LogP contribution in [0, 0.1) is 45.3 Å². The zero-order chi connectivity index (χ0) is 21.7. The van der Waals surface area contributed by atoms with Crippen LogP contribution in [0.15, 0.2) is 4.99 Å². The maximum Gasteiger partial charge on any atom is 0.201 e. The van der Waals surface area contributed by atoms with Crippen molar-refractivity contribution >= 4 is 28.6 Å². The molecule has 0 spiro atoms. The molecule has 12 nitrogen and oxygen atoms in total. The van der Waals surface area contributed by atoms with Gasteiger partial charge in [-0.05, 0) is 0 Å². The normalized spacial score (nSPS) is 17.3. The van der Waals surface area contributed by atoms with Gasteiger partial charge in [-0.15, -0.1) is 0 Å². The summed E-state index contributed by atoms with van der Waals surface area (Å²) in [5.74, 6) is 0.250. The van der Waals surface area contributed by atoms with E-state index >= 15 is 0 Å². The molecule has 0 saturated heterocycles. The maximum atomic E-state index is 10.1. The summed E-state index contributed by atoms with van der Waals surface area (Å²) in [5.41, 5.74) is -1.88. The van der Waals surface area contributed by atoms with E-state index in [1.807, 2.05) is 6.07 Å². The van der Waals surface area contributed by atoms with Gasteiger partial charge in [0.2, 0.25) is 11.3 Å². The SMILES string of the molecule is COCCN1c2nc3nc(C#N)c(C#N)nc3nc2N=C(C#N)C1(C#N)CCOC. The summed E-state index contributed by atoms with van der Waals surface area (Å²) < 4.78 is 10.3. The average molecular weight is 402 g/mol. The number of aliphatic imine (C=N–C) groups is 1. The number of rotatable bonds is 6. The highest BCUT2D eigenvalue weighted by molar-refractivity contribution is 6.13. The highest BCUT2D eigenvalue weighted by Gasteiger charge is 2.47. The third-order valence-corrected chi connectivity index (χ3v) is 4.50. The van der Waals surface area contributed by atoms with Crippen LogP contribution < -0.4 is 4.90 Å². The first-order chi connectivity index (χ1) is 14.6. The van der Waals surface area contributed by atoms with Crippen LogP contribution in [0.1, 0.15) is 17.8 Å². The van der Waals surface area contributed by atoms with Gasteiger partial charge in [-0.25, -0.2) is 24.9 Å². The molecule has 1 unspecified atom stereocenters. The highest BCUT2D eigenvalue weighted by atomic mass is 16.5. The molecule has 0 saturated carbocycles. The summed E-state index contributed by atoms with van der Waals surface area (Å²) >= 11 is 0. The van der Waals surface area contributed by atoms with Crippen molar-refractivity contribution in [3.8, 4) is 24.3 Å². The Balaban J connectivity index is 2.31. The number of nitriles is 4. The summed E-state index contributed by atoms with van der Waals surface area (Å²) in [7, 11) is 3.00. The van der Waals surface area contributed by atoms with E-state index in [-0.39, 0.29) is 66.2 Å². The van der Waals surface area contributed by atoms with Gasteiger partial charge in [0, 0.05) is 33.8 Å². The topological polar surface area (TPSA) is 181 Å². The second-order valence-corrected chi connectivity index (χ2v) is 6.09. The van der Waals surface area contributed by atoms with Crippen molar-refractivity contribution in [2.24, 2.45) is 4.99 Å². The number of fused-ring (bicyclic) bond motifs is 2. The highest BCUT2D eigenvalue weighted by Crippen LogP contribution is 2.38. The number of methoxy groups -OCH3 is 2. The van der Waals surface area contributed by atoms with Crippen LogP contribution in [0.2, 0.25) is 0 Å². The molecule has 148 valence electrons. The lowest BCUT2D eigenvalue weighted by atomic mass is 9.88. The van der Waals surface area contributed by atoms with Gasteiger partial charge in [0.15, 0.2) is 34.3 Å². The molecule has 12 heteroatoms. The third kappa shape index (κ3) is 3.23. The molecule has 0 amide bonds. The van der Waals surface area contributed by atoms with Gasteiger partial charge in [0.1, 0.15) is 18.2 Å². The van der Waals surface area contributed by atoms with Crippen LogP contribution in [-0.4, -0.2) is 65.2 Å². The Morgan fingerprint density at radius 1 is 0.867 bits per heavy atom. The van der Waals surface area contributed by atoms with E-state index < -0.39 is 5.54 Å². The molecule has 0 radical (unpaired) electrons. The molecule has 0 fully saturated rings. The van der Waals surface area contributed by atoms with Crippen LogP contribution in [0.25, 0.3) is 11.3 Å². The Bertz CT molecular complexity index is 1200. The maximum absolute atomic E-state index is 10.1. The first-order valence-corrected chi connectivity index (χ1v) is 8.64. The zero-order valence-electron chi connectivity index (χ0n) is 16.1. The standard InChI is InChI=1S/C18H14N10O2/c1-29-5-3-18(10-22)13(9-21)25-16-17(28(18)4-6-30-2)27-15-14(26-16)23-11(7-19)12(8-20)24-15/h3-6H2,1-2H3. The molecule has 0 aliphatic carbocycles. The van der Waals surface area contributed by atoms with Crippen LogP contribution in [-0.2, 0) is 9.47 Å². The fourth-order valence-electron chi connectivity index (χ4n) is 3.06. The van der Waals surface area contributed by atoms with E-state index in [1.165, 1.54) is 14.2 Å². The Hall–Kier alpha value is -4.23. The van der Waals surface area contributed by atoms with E-state index in [9.17, 15) is 15.8 Å². The molecular formula is C18H14N10O2. The predicted molar refractivity (Wildman–Crippen MR) is 101 cm³/mol. The number of hydrogen-bond acceptors (Lipinski definition) is 12. The number of nitrogens with zero attached hydrogens (tertiary/aromatic N) is 10. The molecule has 0 aromatic carbocycles. The number of anilines is 1. The van der Waals surface area contributed by atoms with Crippen LogP contribution in [0.3, 0.4) is 0 Å². The summed E-state index contributed by atoms with van der Waals surface area (Å²) in [6.45, 7) is 0.630. The van der Waals surface area contributed by atoms with Crippen molar-refractivity contribution in [1.82, 2.24) is 19.9 Å². The van der Waals surface area contributed by atoms with Gasteiger partial charge in [-0.3, -0.25) is 0 Å². The fraction of sp³-hybridized carbons (Fsp3) is 0.389. The number of aromatic nitrogens is 4. The van der Waals surface area contributed by atoms with Gasteiger partial charge < -0.3 is 14.4 Å². The van der Waals surface area contributed by atoms with Crippen molar-refractivity contribution in [3.05, 3.63) is 11.4 Å². The molecule has 2 aromatic heterocycles. The average Bonchev–Trinajstić information content (AvgIpc) is 2.78. The third-order valence-electron chi connectivity index (χ3n) is 4.50. The van der Waals surface area contributed by atoms with Crippen molar-refractivity contribution in [2.75, 3.05) is 38.9 Å². The van der Waals surface area contributed by atoms with Crippen LogP contribution in [0.4, 0.5) is 11.6 Å². The molecule has 2 aromatic rings. The van der Waals surface area contributed by atoms with Crippen LogP contribution in [0.5, 0.6) is 0 Å². The minimum atomic E-state index is -1.45. The molecule has 0 N–H and O–H groups in total. The van der Waals surface area contributed by atoms with Crippen molar-refractivity contribution in [1.29, 1.82) is 21.0 Å². The molecular weight excluding hydrogens is 388 g/mol. The van der Waals surface area contributed by atoms with E-state index in [0.717, 1.165) is 0 Å². The molecule has 1 atom stereocenters. The first kappa shape index (κ1) is 20.5. The van der Waals surface area contributed by atoms with E-state index in [0.29, 0.717) is 0 Å². The molecule has 1 aliphatic heterocycles. The largest absolute Gasteiger partial charge is 0.385 e. The Kier molecular flexibility index (Phi) is 5.75.